The molecule has 182 valence electrons. The highest BCUT2D eigenvalue weighted by atomic mass is 16.5. The van der Waals surface area contributed by atoms with E-state index < -0.39 is 12.0 Å². The summed E-state index contributed by atoms with van der Waals surface area (Å²) in [5, 5.41) is 13.5. The van der Waals surface area contributed by atoms with Gasteiger partial charge in [0.1, 0.15) is 11.9 Å². The molecule has 2 atom stereocenters. The second kappa shape index (κ2) is 10.9. The van der Waals surface area contributed by atoms with Crippen molar-refractivity contribution in [3.05, 3.63) is 58.8 Å². The maximum absolute atomic E-state index is 12.2. The Bertz CT molecular complexity index is 991. The molecule has 5 rings (SSSR count). The molecule has 0 bridgehead atoms. The molecule has 1 saturated carbocycles. The number of aryl methyl sites for hydroxylation is 2. The van der Waals surface area contributed by atoms with Gasteiger partial charge in [-0.05, 0) is 80.0 Å². The summed E-state index contributed by atoms with van der Waals surface area (Å²) < 4.78 is 6.16. The monoisotopic (exact) mass is 463 g/mol. The van der Waals surface area contributed by atoms with Crippen molar-refractivity contribution in [1.29, 1.82) is 0 Å². The SMILES string of the molecule is O=C(O)[C@H](c1ccccc1C1CC1)N1CC[C@H](OCCCCCc2ccc3c(n2)NCCC3)C1. The number of likely N-dealkylation sites (tertiary alicyclic amines) is 1. The van der Waals surface area contributed by atoms with Crippen LogP contribution in [-0.2, 0) is 22.4 Å². The number of aliphatic carboxylic acids is 1. The van der Waals surface area contributed by atoms with Gasteiger partial charge in [0.25, 0.3) is 0 Å². The number of nitrogens with zero attached hydrogens (tertiary/aromatic N) is 2. The Labute approximate surface area is 202 Å². The fourth-order valence-corrected chi connectivity index (χ4v) is 5.48. The molecule has 2 aromatic rings. The van der Waals surface area contributed by atoms with Crippen molar-refractivity contribution in [1.82, 2.24) is 9.88 Å². The van der Waals surface area contributed by atoms with Gasteiger partial charge in [0, 0.05) is 31.9 Å². The second-order valence-electron chi connectivity index (χ2n) is 10.1. The van der Waals surface area contributed by atoms with E-state index in [0.29, 0.717) is 12.5 Å². The molecule has 0 radical (unpaired) electrons. The van der Waals surface area contributed by atoms with E-state index in [-0.39, 0.29) is 6.10 Å². The molecule has 6 heteroatoms. The lowest BCUT2D eigenvalue weighted by Gasteiger charge is -2.26. The Morgan fingerprint density at radius 2 is 2.03 bits per heavy atom. The van der Waals surface area contributed by atoms with E-state index >= 15 is 0 Å². The van der Waals surface area contributed by atoms with Gasteiger partial charge in [-0.15, -0.1) is 0 Å². The topological polar surface area (TPSA) is 74.7 Å². The van der Waals surface area contributed by atoms with Crippen molar-refractivity contribution in [2.45, 2.75) is 75.9 Å². The van der Waals surface area contributed by atoms with E-state index in [4.69, 9.17) is 9.72 Å². The summed E-state index contributed by atoms with van der Waals surface area (Å²) in [7, 11) is 0. The van der Waals surface area contributed by atoms with E-state index in [1.165, 1.54) is 36.1 Å². The molecule has 1 aromatic heterocycles. The smallest absolute Gasteiger partial charge is 0.325 e. The number of rotatable bonds is 11. The first-order chi connectivity index (χ1) is 16.7. The molecule has 2 aliphatic heterocycles. The summed E-state index contributed by atoms with van der Waals surface area (Å²) in [6, 6.07) is 12.0. The zero-order chi connectivity index (χ0) is 23.3. The van der Waals surface area contributed by atoms with Crippen LogP contribution in [0.2, 0.25) is 0 Å². The predicted molar refractivity (Wildman–Crippen MR) is 133 cm³/mol. The number of nitrogens with one attached hydrogen (secondary N) is 1. The number of unbranched alkanes of at least 4 members (excludes halogenated alkanes) is 2. The predicted octanol–water partition coefficient (Wildman–Crippen LogP) is 4.95. The van der Waals surface area contributed by atoms with Crippen LogP contribution in [0.1, 0.15) is 79.3 Å². The summed E-state index contributed by atoms with van der Waals surface area (Å²) in [5.74, 6) is 0.873. The van der Waals surface area contributed by atoms with Gasteiger partial charge in [-0.2, -0.15) is 0 Å². The number of fused-ring (bicyclic) bond motifs is 1. The third-order valence-corrected chi connectivity index (χ3v) is 7.47. The molecule has 0 spiro atoms. The fourth-order valence-electron chi connectivity index (χ4n) is 5.48. The maximum Gasteiger partial charge on any atom is 0.325 e. The van der Waals surface area contributed by atoms with E-state index in [1.54, 1.807) is 0 Å². The standard InChI is InChI=1S/C28H37N3O3/c32-28(33)26(25-10-4-3-9-24(25)20-11-12-20)31-17-15-23(19-31)34-18-5-1-2-8-22-14-13-21-7-6-16-29-27(21)30-22/h3-4,9-10,13-14,20,23,26H,1-2,5-8,11-12,15-19H2,(H,29,30)(H,32,33)/t23-,26-/m0/s1. The molecular weight excluding hydrogens is 426 g/mol. The van der Waals surface area contributed by atoms with Gasteiger partial charge in [-0.3, -0.25) is 9.69 Å². The first kappa shape index (κ1) is 23.3. The molecule has 34 heavy (non-hydrogen) atoms. The molecular formula is C28H37N3O3. The van der Waals surface area contributed by atoms with Gasteiger partial charge in [0.2, 0.25) is 0 Å². The van der Waals surface area contributed by atoms with E-state index in [9.17, 15) is 9.90 Å². The Hall–Kier alpha value is -2.44. The Balaban J connectivity index is 1.05. The number of benzene rings is 1. The summed E-state index contributed by atoms with van der Waals surface area (Å²) in [4.78, 5) is 19.1. The number of aromatic nitrogens is 1. The van der Waals surface area contributed by atoms with Gasteiger partial charge in [-0.1, -0.05) is 36.8 Å². The lowest BCUT2D eigenvalue weighted by Crippen LogP contribution is -2.34. The Kier molecular flexibility index (Phi) is 7.45. The molecule has 1 saturated heterocycles. The van der Waals surface area contributed by atoms with E-state index in [1.807, 2.05) is 18.2 Å². The quantitative estimate of drug-likeness (QED) is 0.460. The van der Waals surface area contributed by atoms with Crippen LogP contribution < -0.4 is 5.32 Å². The molecule has 1 aliphatic carbocycles. The average molecular weight is 464 g/mol. The summed E-state index contributed by atoms with van der Waals surface area (Å²) in [6.45, 7) is 3.24. The zero-order valence-corrected chi connectivity index (χ0v) is 20.0. The van der Waals surface area contributed by atoms with Crippen LogP contribution in [0, 0.1) is 0 Å². The normalized spacial score (nSPS) is 21.1. The molecule has 0 amide bonds. The average Bonchev–Trinajstić information content (AvgIpc) is 3.60. The maximum atomic E-state index is 12.2. The molecule has 3 aliphatic rings. The van der Waals surface area contributed by atoms with Crippen LogP contribution in [0.4, 0.5) is 5.82 Å². The number of carbonyl (C=O) groups is 1. The second-order valence-corrected chi connectivity index (χ2v) is 10.1. The molecule has 6 nitrogen and oxygen atoms in total. The summed E-state index contributed by atoms with van der Waals surface area (Å²) in [6.07, 6.45) is 9.98. The largest absolute Gasteiger partial charge is 0.480 e. The Morgan fingerprint density at radius 1 is 1.15 bits per heavy atom. The van der Waals surface area contributed by atoms with Crippen molar-refractivity contribution >= 4 is 11.8 Å². The molecule has 2 N–H and O–H groups in total. The first-order valence-corrected chi connectivity index (χ1v) is 13.1. The van der Waals surface area contributed by atoms with Crippen LogP contribution >= 0.6 is 0 Å². The van der Waals surface area contributed by atoms with E-state index in [2.05, 4.69) is 28.4 Å². The van der Waals surface area contributed by atoms with Crippen LogP contribution in [-0.4, -0.2) is 53.3 Å². The van der Waals surface area contributed by atoms with Crippen LogP contribution in [0.15, 0.2) is 36.4 Å². The van der Waals surface area contributed by atoms with Gasteiger partial charge < -0.3 is 15.2 Å². The fraction of sp³-hybridized carbons (Fsp3) is 0.571. The van der Waals surface area contributed by atoms with Gasteiger partial charge in [0.05, 0.1) is 6.10 Å². The van der Waals surface area contributed by atoms with Gasteiger partial charge in [-0.25, -0.2) is 4.98 Å². The third kappa shape index (κ3) is 5.61. The van der Waals surface area contributed by atoms with Crippen molar-refractivity contribution in [3.8, 4) is 0 Å². The number of hydrogen-bond acceptors (Lipinski definition) is 5. The van der Waals surface area contributed by atoms with E-state index in [0.717, 1.165) is 69.6 Å². The van der Waals surface area contributed by atoms with Crippen molar-refractivity contribution in [2.75, 3.05) is 31.6 Å². The minimum atomic E-state index is -0.750. The summed E-state index contributed by atoms with van der Waals surface area (Å²) >= 11 is 0. The minimum Gasteiger partial charge on any atom is -0.480 e. The third-order valence-electron chi connectivity index (χ3n) is 7.47. The molecule has 2 fully saturated rings. The highest BCUT2D eigenvalue weighted by molar-refractivity contribution is 5.76. The number of anilines is 1. The highest BCUT2D eigenvalue weighted by Gasteiger charge is 2.37. The highest BCUT2D eigenvalue weighted by Crippen LogP contribution is 2.44. The molecule has 1 aromatic carbocycles. The molecule has 3 heterocycles. The minimum absolute atomic E-state index is 0.128. The van der Waals surface area contributed by atoms with Crippen molar-refractivity contribution in [3.63, 3.8) is 0 Å². The van der Waals surface area contributed by atoms with Gasteiger partial charge >= 0.3 is 5.97 Å². The number of ether oxygens (including phenoxy) is 1. The van der Waals surface area contributed by atoms with Crippen LogP contribution in [0.3, 0.4) is 0 Å². The number of carboxylic acids is 1. The van der Waals surface area contributed by atoms with Crippen LogP contribution in [0.25, 0.3) is 0 Å². The number of hydrogen-bond donors (Lipinski definition) is 2. The zero-order valence-electron chi connectivity index (χ0n) is 20.0. The van der Waals surface area contributed by atoms with Crippen molar-refractivity contribution in [2.24, 2.45) is 0 Å². The Morgan fingerprint density at radius 3 is 2.88 bits per heavy atom. The number of carboxylic acid groups (broad SMARTS) is 1. The van der Waals surface area contributed by atoms with Crippen molar-refractivity contribution < 1.29 is 14.6 Å². The first-order valence-electron chi connectivity index (χ1n) is 13.1. The lowest BCUT2D eigenvalue weighted by atomic mass is 9.96. The van der Waals surface area contributed by atoms with Gasteiger partial charge in [0.15, 0.2) is 0 Å². The summed E-state index contributed by atoms with van der Waals surface area (Å²) in [5.41, 5.74) is 4.72. The lowest BCUT2D eigenvalue weighted by molar-refractivity contribution is -0.143. The van der Waals surface area contributed by atoms with Crippen LogP contribution in [0.5, 0.6) is 0 Å². The molecule has 0 unspecified atom stereocenters. The number of pyridine rings is 1.